The number of hydrogen-bond acceptors (Lipinski definition) is 9. The highest BCUT2D eigenvalue weighted by molar-refractivity contribution is 7.99. The smallest absolute Gasteiger partial charge is 0.385 e. The molecule has 8 rings (SSSR count). The average molecular weight is 587 g/mol. The van der Waals surface area contributed by atoms with Crippen LogP contribution in [0.25, 0.3) is 39.0 Å². The third kappa shape index (κ3) is 4.11. The van der Waals surface area contributed by atoms with Crippen molar-refractivity contribution in [3.05, 3.63) is 89.3 Å². The Labute approximate surface area is 236 Å². The summed E-state index contributed by atoms with van der Waals surface area (Å²) in [6, 6.07) is 23.7. The van der Waals surface area contributed by atoms with E-state index in [4.69, 9.17) is 23.8 Å². The van der Waals surface area contributed by atoms with Crippen molar-refractivity contribution in [1.82, 2.24) is 23.9 Å². The van der Waals surface area contributed by atoms with Crippen LogP contribution in [-0.4, -0.2) is 53.9 Å². The number of benzene rings is 3. The second kappa shape index (κ2) is 9.59. The van der Waals surface area contributed by atoms with Crippen molar-refractivity contribution in [2.24, 2.45) is 0 Å². The molecule has 2 N–H and O–H groups in total. The summed E-state index contributed by atoms with van der Waals surface area (Å²) in [5.74, 6) is 0.317. The summed E-state index contributed by atoms with van der Waals surface area (Å²) in [4.78, 5) is 27.4. The molecule has 2 aliphatic heterocycles. The average Bonchev–Trinajstić information content (AvgIpc) is 3.67. The van der Waals surface area contributed by atoms with E-state index in [0.29, 0.717) is 10.9 Å². The Morgan fingerprint density at radius 3 is 2.68 bits per heavy atom. The van der Waals surface area contributed by atoms with E-state index < -0.39 is 32.8 Å². The second-order valence-corrected chi connectivity index (χ2v) is 11.8. The molecule has 204 valence electrons. The summed E-state index contributed by atoms with van der Waals surface area (Å²) >= 11 is 1.33. The van der Waals surface area contributed by atoms with Gasteiger partial charge in [0.15, 0.2) is 28.7 Å². The highest BCUT2D eigenvalue weighted by Crippen LogP contribution is 2.44. The number of aliphatic hydroxyl groups is 1. The predicted octanol–water partition coefficient (Wildman–Crippen LogP) is 4.67. The van der Waals surface area contributed by atoms with E-state index in [1.54, 1.807) is 10.8 Å². The lowest BCUT2D eigenvalue weighted by molar-refractivity contribution is -0.0583. The Hall–Kier alpha value is -3.90. The molecule has 0 amide bonds. The van der Waals surface area contributed by atoms with E-state index in [1.165, 1.54) is 16.2 Å². The molecule has 5 heterocycles. The molecule has 0 spiro atoms. The minimum absolute atomic E-state index is 0.00457. The number of imidazole rings is 2. The summed E-state index contributed by atoms with van der Waals surface area (Å²) in [5, 5.41) is 13.8. The summed E-state index contributed by atoms with van der Waals surface area (Å²) in [5.41, 5.74) is 1.62. The van der Waals surface area contributed by atoms with Gasteiger partial charge in [0.05, 0.1) is 5.69 Å². The van der Waals surface area contributed by atoms with Crippen LogP contribution >= 0.6 is 20.0 Å². The van der Waals surface area contributed by atoms with Crippen molar-refractivity contribution in [2.45, 2.75) is 34.6 Å². The quantitative estimate of drug-likeness (QED) is 0.283. The Kier molecular flexibility index (Phi) is 5.82. The lowest BCUT2D eigenvalue weighted by atomic mass is 10.1. The van der Waals surface area contributed by atoms with Crippen LogP contribution in [0.1, 0.15) is 6.23 Å². The van der Waals surface area contributed by atoms with E-state index in [2.05, 4.69) is 4.98 Å². The zero-order chi connectivity index (χ0) is 27.7. The van der Waals surface area contributed by atoms with Gasteiger partial charge < -0.3 is 14.8 Å². The zero-order valence-electron chi connectivity index (χ0n) is 21.2. The maximum atomic E-state index is 13.7. The summed E-state index contributed by atoms with van der Waals surface area (Å²) in [6.07, 6.45) is -2.04. The maximum absolute atomic E-state index is 13.7. The Balaban J connectivity index is 1.30. The number of rotatable bonds is 4. The normalized spacial score (nSPS) is 23.5. The first-order valence-electron chi connectivity index (χ1n) is 12.9. The second-order valence-electron chi connectivity index (χ2n) is 9.84. The Morgan fingerprint density at radius 1 is 1.02 bits per heavy atom. The molecule has 3 aromatic carbocycles. The molecule has 2 saturated heterocycles. The minimum Gasteiger partial charge on any atom is -0.385 e. The number of aliphatic hydroxyl groups excluding tert-OH is 1. The molecule has 2 unspecified atom stereocenters. The fourth-order valence-corrected chi connectivity index (χ4v) is 7.12. The molecule has 0 aliphatic carbocycles. The molecule has 2 fully saturated rings. The van der Waals surface area contributed by atoms with Crippen LogP contribution in [0.15, 0.2) is 93.8 Å². The van der Waals surface area contributed by atoms with Crippen LogP contribution in [0.5, 0.6) is 0 Å². The van der Waals surface area contributed by atoms with Crippen LogP contribution in [0.2, 0.25) is 0 Å². The third-order valence-corrected chi connectivity index (χ3v) is 9.09. The van der Waals surface area contributed by atoms with Gasteiger partial charge in [0, 0.05) is 15.7 Å². The summed E-state index contributed by atoms with van der Waals surface area (Å²) in [6.45, 7) is 0.00457. The van der Waals surface area contributed by atoms with Gasteiger partial charge in [0.1, 0.15) is 18.8 Å². The molecule has 3 aromatic heterocycles. The van der Waals surface area contributed by atoms with Gasteiger partial charge in [-0.25, -0.2) is 9.38 Å². The third-order valence-electron chi connectivity index (χ3n) is 7.35. The highest BCUT2D eigenvalue weighted by atomic mass is 32.2. The van der Waals surface area contributed by atoms with E-state index in [-0.39, 0.29) is 23.3 Å². The summed E-state index contributed by atoms with van der Waals surface area (Å²) in [7, 11) is -2.37. The Morgan fingerprint density at radius 2 is 1.83 bits per heavy atom. The van der Waals surface area contributed by atoms with Crippen LogP contribution in [0.3, 0.4) is 0 Å². The molecular formula is C28H21N5O6PS+. The molecule has 0 saturated carbocycles. The number of nitrogens with zero attached hydrogens (tertiary/aromatic N) is 4. The predicted molar refractivity (Wildman–Crippen MR) is 151 cm³/mol. The van der Waals surface area contributed by atoms with Gasteiger partial charge in [0.2, 0.25) is 5.78 Å². The fraction of sp³-hybridized carbons (Fsp3) is 0.179. The van der Waals surface area contributed by atoms with E-state index >= 15 is 0 Å². The molecule has 6 aromatic rings. The molecule has 0 bridgehead atoms. The molecule has 41 heavy (non-hydrogen) atoms. The monoisotopic (exact) mass is 586 g/mol. The minimum atomic E-state index is -2.37. The van der Waals surface area contributed by atoms with Gasteiger partial charge in [-0.3, -0.25) is 9.36 Å². The topological polar surface area (TPSA) is 133 Å². The van der Waals surface area contributed by atoms with Crippen molar-refractivity contribution >= 4 is 47.7 Å². The Bertz CT molecular complexity index is 2040. The van der Waals surface area contributed by atoms with Crippen LogP contribution in [-0.2, 0) is 18.3 Å². The number of H-pyrrole nitrogens is 1. The van der Waals surface area contributed by atoms with Gasteiger partial charge in [-0.15, -0.1) is 9.05 Å². The SMILES string of the molecule is O=c1c2nc(Sc3ccc4ccccc4c3)n([C@@H]3OC4CO[P+](=O)O[C@H]4[C@@H]3O)c2nc2[nH]c(-c3ccccc3)cn12. The van der Waals surface area contributed by atoms with E-state index in [9.17, 15) is 14.5 Å². The number of fused-ring (bicyclic) bond motifs is 4. The fourth-order valence-electron chi connectivity index (χ4n) is 5.37. The van der Waals surface area contributed by atoms with Crippen molar-refractivity contribution in [3.8, 4) is 11.3 Å². The molecule has 11 nitrogen and oxygen atoms in total. The first-order valence-corrected chi connectivity index (χ1v) is 14.8. The van der Waals surface area contributed by atoms with Crippen molar-refractivity contribution in [3.63, 3.8) is 0 Å². The van der Waals surface area contributed by atoms with Crippen LogP contribution in [0.4, 0.5) is 0 Å². The highest BCUT2D eigenvalue weighted by Gasteiger charge is 2.55. The lowest BCUT2D eigenvalue weighted by Crippen LogP contribution is -2.37. The van der Waals surface area contributed by atoms with Gasteiger partial charge in [-0.05, 0) is 28.5 Å². The first kappa shape index (κ1) is 24.9. The standard InChI is InChI=1S/C28H20N5O6PS/c34-22-23-20(14-37-40(36)39-23)38-26(22)33-24-21(30-28(33)41-18-11-10-15-6-4-5-9-17(15)12-18)25(35)32-13-19(29-27(32)31-24)16-7-2-1-3-8-16/h1-13,20,22-23,26,34H,14H2/p+1/t20?,22-,23+,26+/m0/s1. The number of nitrogens with one attached hydrogen (secondary N) is 1. The first-order chi connectivity index (χ1) is 20.0. The van der Waals surface area contributed by atoms with E-state index in [0.717, 1.165) is 26.9 Å². The molecule has 5 atom stereocenters. The van der Waals surface area contributed by atoms with Crippen molar-refractivity contribution in [2.75, 3.05) is 6.61 Å². The van der Waals surface area contributed by atoms with Crippen molar-refractivity contribution in [1.29, 1.82) is 0 Å². The lowest BCUT2D eigenvalue weighted by Gasteiger charge is -2.18. The zero-order valence-corrected chi connectivity index (χ0v) is 22.9. The number of ether oxygens (including phenoxy) is 1. The van der Waals surface area contributed by atoms with Gasteiger partial charge in [0.25, 0.3) is 5.56 Å². The van der Waals surface area contributed by atoms with Crippen LogP contribution < -0.4 is 5.56 Å². The number of hydrogen-bond donors (Lipinski definition) is 2. The largest absolute Gasteiger partial charge is 0.697 e. The van der Waals surface area contributed by atoms with Gasteiger partial charge >= 0.3 is 8.25 Å². The summed E-state index contributed by atoms with van der Waals surface area (Å²) < 4.78 is 31.7. The molecule has 2 aliphatic rings. The molecule has 0 radical (unpaired) electrons. The van der Waals surface area contributed by atoms with E-state index in [1.807, 2.05) is 72.8 Å². The number of aromatic nitrogens is 5. The molecular weight excluding hydrogens is 565 g/mol. The van der Waals surface area contributed by atoms with Crippen molar-refractivity contribution < 1.29 is 23.5 Å². The molecule has 13 heteroatoms. The van der Waals surface area contributed by atoms with Gasteiger partial charge in [-0.2, -0.15) is 4.98 Å². The number of aromatic amines is 1. The van der Waals surface area contributed by atoms with Crippen LogP contribution in [0, 0.1) is 0 Å². The van der Waals surface area contributed by atoms with Gasteiger partial charge in [-0.1, -0.05) is 72.4 Å². The maximum Gasteiger partial charge on any atom is 0.697 e.